The van der Waals surface area contributed by atoms with Crippen molar-refractivity contribution in [3.8, 4) is 0 Å². The Kier molecular flexibility index (Phi) is 10.1. The number of ether oxygens (including phenoxy) is 2. The Morgan fingerprint density at radius 1 is 1.24 bits per heavy atom. The van der Waals surface area contributed by atoms with Crippen LogP contribution in [0.15, 0.2) is 0 Å². The summed E-state index contributed by atoms with van der Waals surface area (Å²) in [5.41, 5.74) is -0.307. The first-order valence-corrected chi connectivity index (χ1v) is 8.39. The number of rotatable bonds is 12. The molecule has 2 atom stereocenters. The van der Waals surface area contributed by atoms with Crippen LogP contribution in [0.2, 0.25) is 0 Å². The fourth-order valence-electron chi connectivity index (χ4n) is 1.70. The lowest BCUT2D eigenvalue weighted by Crippen LogP contribution is -2.50. The van der Waals surface area contributed by atoms with E-state index in [1.54, 1.807) is 0 Å². The monoisotopic (exact) mass is 323 g/mol. The SMILES string of the molecule is CCOCCC(C)(C)OCC(C)C(C)(C)NCC(O)CCl. The molecule has 5 heteroatoms. The molecule has 0 aromatic heterocycles. The first-order valence-electron chi connectivity index (χ1n) is 7.85. The summed E-state index contributed by atoms with van der Waals surface area (Å²) < 4.78 is 11.4. The molecule has 0 bridgehead atoms. The molecule has 0 aliphatic carbocycles. The third kappa shape index (κ3) is 9.69. The number of halogens is 1. The second-order valence-corrected chi connectivity index (χ2v) is 7.14. The Bertz CT molecular complexity index is 272. The van der Waals surface area contributed by atoms with E-state index < -0.39 is 6.10 Å². The van der Waals surface area contributed by atoms with Gasteiger partial charge in [0.1, 0.15) is 0 Å². The molecular weight excluding hydrogens is 290 g/mol. The molecule has 0 rings (SSSR count). The highest BCUT2D eigenvalue weighted by Gasteiger charge is 2.28. The highest BCUT2D eigenvalue weighted by molar-refractivity contribution is 6.18. The van der Waals surface area contributed by atoms with Crippen molar-refractivity contribution in [2.24, 2.45) is 5.92 Å². The third-order valence-electron chi connectivity index (χ3n) is 3.98. The lowest BCUT2D eigenvalue weighted by Gasteiger charge is -2.36. The Labute approximate surface area is 135 Å². The van der Waals surface area contributed by atoms with E-state index >= 15 is 0 Å². The van der Waals surface area contributed by atoms with Gasteiger partial charge in [0.15, 0.2) is 0 Å². The van der Waals surface area contributed by atoms with E-state index in [1.165, 1.54) is 0 Å². The summed E-state index contributed by atoms with van der Waals surface area (Å²) in [6, 6.07) is 0. The normalized spacial score (nSPS) is 16.0. The third-order valence-corrected chi connectivity index (χ3v) is 4.34. The van der Waals surface area contributed by atoms with Crippen LogP contribution in [-0.4, -0.2) is 54.6 Å². The predicted molar refractivity (Wildman–Crippen MR) is 89.1 cm³/mol. The van der Waals surface area contributed by atoms with Gasteiger partial charge in [-0.25, -0.2) is 0 Å². The van der Waals surface area contributed by atoms with Crippen molar-refractivity contribution < 1.29 is 14.6 Å². The van der Waals surface area contributed by atoms with Gasteiger partial charge in [-0.2, -0.15) is 0 Å². The Morgan fingerprint density at radius 3 is 2.38 bits per heavy atom. The largest absolute Gasteiger partial charge is 0.391 e. The summed E-state index contributed by atoms with van der Waals surface area (Å²) in [7, 11) is 0. The maximum Gasteiger partial charge on any atom is 0.0799 e. The number of aliphatic hydroxyl groups excluding tert-OH is 1. The van der Waals surface area contributed by atoms with Crippen LogP contribution in [-0.2, 0) is 9.47 Å². The fourth-order valence-corrected chi connectivity index (χ4v) is 1.81. The van der Waals surface area contributed by atoms with Crippen LogP contribution in [0.25, 0.3) is 0 Å². The van der Waals surface area contributed by atoms with Gasteiger partial charge in [0.25, 0.3) is 0 Å². The van der Waals surface area contributed by atoms with E-state index in [2.05, 4.69) is 39.9 Å². The zero-order chi connectivity index (χ0) is 16.5. The molecule has 128 valence electrons. The van der Waals surface area contributed by atoms with Gasteiger partial charge in [-0.05, 0) is 47.0 Å². The van der Waals surface area contributed by atoms with Gasteiger partial charge >= 0.3 is 0 Å². The van der Waals surface area contributed by atoms with E-state index in [0.717, 1.165) is 19.6 Å². The number of β-amino-alcohol motifs (C(OH)–C–C–N with tert-alkyl or cyclic N) is 1. The predicted octanol–water partition coefficient (Wildman–Crippen LogP) is 2.81. The number of hydrogen-bond acceptors (Lipinski definition) is 4. The van der Waals surface area contributed by atoms with Crippen LogP contribution in [0.4, 0.5) is 0 Å². The van der Waals surface area contributed by atoms with Crippen molar-refractivity contribution in [2.45, 2.75) is 65.2 Å². The highest BCUT2D eigenvalue weighted by Crippen LogP contribution is 2.21. The van der Waals surface area contributed by atoms with Crippen molar-refractivity contribution in [3.63, 3.8) is 0 Å². The van der Waals surface area contributed by atoms with Crippen molar-refractivity contribution >= 4 is 11.6 Å². The minimum Gasteiger partial charge on any atom is -0.391 e. The van der Waals surface area contributed by atoms with E-state index in [1.807, 2.05) is 6.92 Å². The highest BCUT2D eigenvalue weighted by atomic mass is 35.5. The molecule has 2 unspecified atom stereocenters. The summed E-state index contributed by atoms with van der Waals surface area (Å²) >= 11 is 5.62. The van der Waals surface area contributed by atoms with Gasteiger partial charge in [-0.15, -0.1) is 11.6 Å². The average Bonchev–Trinajstić information content (AvgIpc) is 2.42. The average molecular weight is 324 g/mol. The second kappa shape index (κ2) is 10.0. The lowest BCUT2D eigenvalue weighted by molar-refractivity contribution is -0.0620. The van der Waals surface area contributed by atoms with E-state index in [0.29, 0.717) is 19.1 Å². The number of alkyl halides is 1. The lowest BCUT2D eigenvalue weighted by atomic mass is 9.89. The number of aliphatic hydroxyl groups is 1. The van der Waals surface area contributed by atoms with Crippen molar-refractivity contribution in [1.82, 2.24) is 5.32 Å². The Balaban J connectivity index is 4.17. The quantitative estimate of drug-likeness (QED) is 0.428. The summed E-state index contributed by atoms with van der Waals surface area (Å²) in [6.07, 6.45) is 0.369. The summed E-state index contributed by atoms with van der Waals surface area (Å²) in [5, 5.41) is 12.9. The minimum absolute atomic E-state index is 0.122. The molecule has 0 fully saturated rings. The first-order chi connectivity index (χ1) is 9.64. The molecule has 0 saturated carbocycles. The summed E-state index contributed by atoms with van der Waals surface area (Å²) in [5.74, 6) is 0.560. The van der Waals surface area contributed by atoms with Gasteiger partial charge in [0.2, 0.25) is 0 Å². The molecule has 0 radical (unpaired) electrons. The molecule has 2 N–H and O–H groups in total. The van der Waals surface area contributed by atoms with E-state index in [4.69, 9.17) is 21.1 Å². The Hall–Kier alpha value is 0.130. The molecule has 0 aliphatic rings. The zero-order valence-electron chi connectivity index (χ0n) is 14.5. The van der Waals surface area contributed by atoms with E-state index in [9.17, 15) is 5.11 Å². The molecular formula is C16H34ClNO3. The van der Waals surface area contributed by atoms with Gasteiger partial charge in [0.05, 0.1) is 18.3 Å². The van der Waals surface area contributed by atoms with Crippen LogP contribution in [0.5, 0.6) is 0 Å². The summed E-state index contributed by atoms with van der Waals surface area (Å²) in [4.78, 5) is 0. The molecule has 0 amide bonds. The molecule has 0 aromatic rings. The van der Waals surface area contributed by atoms with Crippen molar-refractivity contribution in [2.75, 3.05) is 32.2 Å². The zero-order valence-corrected chi connectivity index (χ0v) is 15.3. The molecule has 0 spiro atoms. The summed E-state index contributed by atoms with van der Waals surface area (Å²) in [6.45, 7) is 15.2. The topological polar surface area (TPSA) is 50.7 Å². The maximum atomic E-state index is 9.54. The van der Waals surface area contributed by atoms with E-state index in [-0.39, 0.29) is 17.0 Å². The second-order valence-electron chi connectivity index (χ2n) is 6.83. The van der Waals surface area contributed by atoms with Crippen LogP contribution in [0, 0.1) is 5.92 Å². The van der Waals surface area contributed by atoms with Gasteiger partial charge in [-0.3, -0.25) is 0 Å². The fraction of sp³-hybridized carbons (Fsp3) is 1.00. The molecule has 0 aliphatic heterocycles. The van der Waals surface area contributed by atoms with Crippen LogP contribution in [0.1, 0.15) is 48.0 Å². The van der Waals surface area contributed by atoms with Crippen molar-refractivity contribution in [3.05, 3.63) is 0 Å². The van der Waals surface area contributed by atoms with Crippen LogP contribution >= 0.6 is 11.6 Å². The molecule has 0 heterocycles. The number of nitrogens with one attached hydrogen (secondary N) is 1. The van der Waals surface area contributed by atoms with Gasteiger partial charge in [0, 0.05) is 31.2 Å². The smallest absolute Gasteiger partial charge is 0.0799 e. The molecule has 4 nitrogen and oxygen atoms in total. The minimum atomic E-state index is -0.512. The van der Waals surface area contributed by atoms with Gasteiger partial charge < -0.3 is 19.9 Å². The maximum absolute atomic E-state index is 9.54. The molecule has 0 saturated heterocycles. The number of hydrogen-bond donors (Lipinski definition) is 2. The van der Waals surface area contributed by atoms with Crippen LogP contribution < -0.4 is 5.32 Å². The molecule has 0 aromatic carbocycles. The molecule has 21 heavy (non-hydrogen) atoms. The first kappa shape index (κ1) is 21.1. The Morgan fingerprint density at radius 2 is 1.86 bits per heavy atom. The van der Waals surface area contributed by atoms with Crippen LogP contribution in [0.3, 0.4) is 0 Å². The van der Waals surface area contributed by atoms with Gasteiger partial charge in [-0.1, -0.05) is 6.92 Å². The van der Waals surface area contributed by atoms with Crippen molar-refractivity contribution in [1.29, 1.82) is 0 Å². The standard InChI is InChI=1S/C16H34ClNO3/c1-7-20-9-8-15(3,4)21-12-13(2)16(5,6)18-11-14(19)10-17/h13-14,18-19H,7-12H2,1-6H3.